The zero-order valence-electron chi connectivity index (χ0n) is 15.7. The smallest absolute Gasteiger partial charge is 0.275 e. The summed E-state index contributed by atoms with van der Waals surface area (Å²) in [4.78, 5) is 31.6. The number of carbonyl (C=O) groups excluding carboxylic acids is 2. The minimum Gasteiger partial charge on any atom is -0.347 e. The Balaban J connectivity index is 1.56. The molecule has 1 saturated heterocycles. The third-order valence-corrected chi connectivity index (χ3v) is 4.78. The predicted molar refractivity (Wildman–Crippen MR) is 100 cm³/mol. The largest absolute Gasteiger partial charge is 0.347 e. The zero-order valence-corrected chi connectivity index (χ0v) is 15.7. The fourth-order valence-corrected chi connectivity index (χ4v) is 3.45. The van der Waals surface area contributed by atoms with Crippen molar-refractivity contribution >= 4 is 11.8 Å². The molecule has 2 atom stereocenters. The number of aromatic nitrogens is 5. The molecule has 1 fully saturated rings. The van der Waals surface area contributed by atoms with Gasteiger partial charge in [0.1, 0.15) is 11.5 Å². The molecule has 1 aliphatic heterocycles. The van der Waals surface area contributed by atoms with Gasteiger partial charge in [-0.1, -0.05) is 18.2 Å². The fourth-order valence-electron chi connectivity index (χ4n) is 3.45. The van der Waals surface area contributed by atoms with Gasteiger partial charge in [-0.05, 0) is 31.5 Å². The van der Waals surface area contributed by atoms with Crippen LogP contribution in [0.15, 0.2) is 42.6 Å². The first kappa shape index (κ1) is 17.9. The normalized spacial score (nSPS) is 19.0. The quantitative estimate of drug-likeness (QED) is 0.709. The Labute approximate surface area is 161 Å². The highest BCUT2D eigenvalue weighted by Gasteiger charge is 2.40. The second-order valence-electron chi connectivity index (χ2n) is 6.90. The van der Waals surface area contributed by atoms with E-state index in [1.165, 1.54) is 0 Å². The van der Waals surface area contributed by atoms with Crippen molar-refractivity contribution < 1.29 is 9.59 Å². The average molecular weight is 379 g/mol. The van der Waals surface area contributed by atoms with E-state index >= 15 is 0 Å². The SMILES string of the molecule is Cc1nc([C@@H]2C[C@H](NC(=O)c3ccccc3)CN2C(=O)c2ccn(C)n2)n[nH]1. The van der Waals surface area contributed by atoms with Gasteiger partial charge in [0.05, 0.1) is 6.04 Å². The summed E-state index contributed by atoms with van der Waals surface area (Å²) in [6, 6.07) is 10.2. The molecule has 9 nitrogen and oxygen atoms in total. The van der Waals surface area contributed by atoms with E-state index in [2.05, 4.69) is 25.6 Å². The van der Waals surface area contributed by atoms with Crippen molar-refractivity contribution in [1.29, 1.82) is 0 Å². The summed E-state index contributed by atoms with van der Waals surface area (Å²) in [5.74, 6) is 0.849. The first-order valence-electron chi connectivity index (χ1n) is 9.06. The number of hydrogen-bond donors (Lipinski definition) is 2. The molecular weight excluding hydrogens is 358 g/mol. The molecule has 4 rings (SSSR count). The molecule has 28 heavy (non-hydrogen) atoms. The van der Waals surface area contributed by atoms with Gasteiger partial charge in [0, 0.05) is 31.4 Å². The van der Waals surface area contributed by atoms with Crippen LogP contribution in [-0.2, 0) is 7.05 Å². The number of H-pyrrole nitrogens is 1. The Morgan fingerprint density at radius 1 is 1.21 bits per heavy atom. The van der Waals surface area contributed by atoms with Crippen LogP contribution in [0.1, 0.15) is 45.0 Å². The van der Waals surface area contributed by atoms with Crippen molar-refractivity contribution in [3.63, 3.8) is 0 Å². The van der Waals surface area contributed by atoms with Crippen molar-refractivity contribution in [1.82, 2.24) is 35.2 Å². The monoisotopic (exact) mass is 379 g/mol. The molecule has 1 aliphatic rings. The van der Waals surface area contributed by atoms with Gasteiger partial charge in [0.2, 0.25) is 0 Å². The highest BCUT2D eigenvalue weighted by molar-refractivity contribution is 5.95. The van der Waals surface area contributed by atoms with Crippen LogP contribution in [-0.4, -0.2) is 54.3 Å². The topological polar surface area (TPSA) is 109 Å². The van der Waals surface area contributed by atoms with E-state index in [9.17, 15) is 9.59 Å². The van der Waals surface area contributed by atoms with Crippen LogP contribution in [0, 0.1) is 6.92 Å². The van der Waals surface area contributed by atoms with Gasteiger partial charge in [-0.3, -0.25) is 19.4 Å². The van der Waals surface area contributed by atoms with Crippen LogP contribution in [0.5, 0.6) is 0 Å². The molecule has 9 heteroatoms. The van der Waals surface area contributed by atoms with E-state index in [1.54, 1.807) is 41.0 Å². The maximum atomic E-state index is 13.0. The zero-order chi connectivity index (χ0) is 19.7. The van der Waals surface area contributed by atoms with Gasteiger partial charge < -0.3 is 10.2 Å². The number of likely N-dealkylation sites (tertiary alicyclic amines) is 1. The number of nitrogens with one attached hydrogen (secondary N) is 2. The Morgan fingerprint density at radius 3 is 2.64 bits per heavy atom. The number of amides is 2. The third kappa shape index (κ3) is 3.51. The highest BCUT2D eigenvalue weighted by Crippen LogP contribution is 2.31. The summed E-state index contributed by atoms with van der Waals surface area (Å²) in [5, 5.41) is 14.3. The first-order chi connectivity index (χ1) is 13.5. The minimum atomic E-state index is -0.333. The molecule has 3 aromatic rings. The van der Waals surface area contributed by atoms with Crippen molar-refractivity contribution in [2.45, 2.75) is 25.4 Å². The van der Waals surface area contributed by atoms with Crippen LogP contribution >= 0.6 is 0 Å². The number of carbonyl (C=O) groups is 2. The van der Waals surface area contributed by atoms with Crippen molar-refractivity contribution in [2.75, 3.05) is 6.54 Å². The summed E-state index contributed by atoms with van der Waals surface area (Å²) in [7, 11) is 1.76. The van der Waals surface area contributed by atoms with Crippen LogP contribution in [0.4, 0.5) is 0 Å². The maximum Gasteiger partial charge on any atom is 0.275 e. The minimum absolute atomic E-state index is 0.164. The van der Waals surface area contributed by atoms with E-state index in [0.717, 1.165) is 0 Å². The molecule has 3 heterocycles. The molecule has 0 bridgehead atoms. The number of aromatic amines is 1. The van der Waals surface area contributed by atoms with E-state index in [0.29, 0.717) is 35.9 Å². The number of benzene rings is 1. The molecule has 2 amide bonds. The van der Waals surface area contributed by atoms with Gasteiger partial charge in [-0.15, -0.1) is 0 Å². The predicted octanol–water partition coefficient (Wildman–Crippen LogP) is 1.23. The lowest BCUT2D eigenvalue weighted by Gasteiger charge is -2.21. The summed E-state index contributed by atoms with van der Waals surface area (Å²) >= 11 is 0. The Morgan fingerprint density at radius 2 is 2.00 bits per heavy atom. The molecule has 2 aromatic heterocycles. The van der Waals surface area contributed by atoms with E-state index in [-0.39, 0.29) is 23.9 Å². The number of nitrogens with zero attached hydrogens (tertiary/aromatic N) is 5. The van der Waals surface area contributed by atoms with Gasteiger partial charge in [0.15, 0.2) is 5.82 Å². The van der Waals surface area contributed by atoms with Gasteiger partial charge >= 0.3 is 0 Å². The van der Waals surface area contributed by atoms with Crippen molar-refractivity contribution in [3.8, 4) is 0 Å². The van der Waals surface area contributed by atoms with Crippen LogP contribution in [0.2, 0.25) is 0 Å². The van der Waals surface area contributed by atoms with Crippen molar-refractivity contribution in [3.05, 3.63) is 65.5 Å². The summed E-state index contributed by atoms with van der Waals surface area (Å²) in [5.41, 5.74) is 0.942. The van der Waals surface area contributed by atoms with E-state index in [1.807, 2.05) is 25.1 Å². The van der Waals surface area contributed by atoms with E-state index in [4.69, 9.17) is 0 Å². The number of hydrogen-bond acceptors (Lipinski definition) is 5. The highest BCUT2D eigenvalue weighted by atomic mass is 16.2. The van der Waals surface area contributed by atoms with Crippen molar-refractivity contribution in [2.24, 2.45) is 7.05 Å². The third-order valence-electron chi connectivity index (χ3n) is 4.78. The molecule has 0 unspecified atom stereocenters. The number of rotatable bonds is 4. The molecule has 0 radical (unpaired) electrons. The van der Waals surface area contributed by atoms with Crippen LogP contribution < -0.4 is 5.32 Å². The molecule has 1 aromatic carbocycles. The average Bonchev–Trinajstić information content (AvgIpc) is 3.42. The molecular formula is C19H21N7O2. The van der Waals surface area contributed by atoms with Gasteiger partial charge in [-0.2, -0.15) is 10.2 Å². The standard InChI is InChI=1S/C19H21N7O2/c1-12-20-17(23-22-12)16-10-14(21-18(27)13-6-4-3-5-7-13)11-26(16)19(28)15-8-9-25(2)24-15/h3-9,14,16H,10-11H2,1-2H3,(H,21,27)(H,20,22,23)/t14-,16-/m0/s1. The number of aryl methyl sites for hydroxylation is 2. The first-order valence-corrected chi connectivity index (χ1v) is 9.06. The lowest BCUT2D eigenvalue weighted by atomic mass is 10.1. The molecule has 144 valence electrons. The van der Waals surface area contributed by atoms with Crippen LogP contribution in [0.25, 0.3) is 0 Å². The fraction of sp³-hybridized carbons (Fsp3) is 0.316. The van der Waals surface area contributed by atoms with Gasteiger partial charge in [-0.25, -0.2) is 4.98 Å². The second kappa shape index (κ2) is 7.26. The summed E-state index contributed by atoms with van der Waals surface area (Å²) < 4.78 is 1.59. The van der Waals surface area contributed by atoms with Gasteiger partial charge in [0.25, 0.3) is 11.8 Å². The van der Waals surface area contributed by atoms with Crippen LogP contribution in [0.3, 0.4) is 0 Å². The summed E-state index contributed by atoms with van der Waals surface area (Å²) in [6.45, 7) is 2.18. The van der Waals surface area contributed by atoms with E-state index < -0.39 is 0 Å². The Bertz CT molecular complexity index is 995. The lowest BCUT2D eigenvalue weighted by molar-refractivity contribution is 0.0717. The molecule has 2 N–H and O–H groups in total. The maximum absolute atomic E-state index is 13.0. The summed E-state index contributed by atoms with van der Waals surface area (Å²) in [6.07, 6.45) is 2.26. The Kier molecular flexibility index (Phi) is 4.64. The molecule has 0 saturated carbocycles. The second-order valence-corrected chi connectivity index (χ2v) is 6.90. The Hall–Kier alpha value is -3.49. The molecule has 0 aliphatic carbocycles. The lowest BCUT2D eigenvalue weighted by Crippen LogP contribution is -2.38. The molecule has 0 spiro atoms.